The quantitative estimate of drug-likeness (QED) is 0.455. The molecule has 0 saturated heterocycles. The molecule has 1 heterocycles. The average Bonchev–Trinajstić information content (AvgIpc) is 2.17. The number of amides is 1. The number of carbonyl (C=O) groups is 1. The Morgan fingerprint density at radius 3 is 2.93 bits per heavy atom. The van der Waals surface area contributed by atoms with Gasteiger partial charge in [-0.3, -0.25) is 14.9 Å². The maximum Gasteiger partial charge on any atom is 0.264 e. The molecule has 0 saturated carbocycles. The Kier molecular flexibility index (Phi) is 1.85. The number of fused-ring (bicyclic) bond motifs is 1. The van der Waals surface area contributed by atoms with Gasteiger partial charge in [-0.05, 0) is 11.6 Å². The summed E-state index contributed by atoms with van der Waals surface area (Å²) in [5, 5.41) is 10.6. The highest BCUT2D eigenvalue weighted by Gasteiger charge is 2.36. The first-order chi connectivity index (χ1) is 6.70. The SMILES string of the molecule is O=C1N=CC=C2C=CC=C([N+](=O)[O-])C12. The van der Waals surface area contributed by atoms with Crippen LogP contribution < -0.4 is 0 Å². The van der Waals surface area contributed by atoms with Gasteiger partial charge in [-0.2, -0.15) is 0 Å². The van der Waals surface area contributed by atoms with Crippen LogP contribution in [0.15, 0.2) is 40.6 Å². The fourth-order valence-corrected chi connectivity index (χ4v) is 1.48. The first-order valence-electron chi connectivity index (χ1n) is 4.01. The molecule has 0 spiro atoms. The van der Waals surface area contributed by atoms with E-state index in [4.69, 9.17) is 0 Å². The van der Waals surface area contributed by atoms with E-state index < -0.39 is 16.7 Å². The second kappa shape index (κ2) is 3.02. The summed E-state index contributed by atoms with van der Waals surface area (Å²) in [5.74, 6) is -1.30. The van der Waals surface area contributed by atoms with Crippen molar-refractivity contribution in [3.8, 4) is 0 Å². The zero-order chi connectivity index (χ0) is 10.1. The number of dihydropyridines is 1. The van der Waals surface area contributed by atoms with E-state index in [1.54, 1.807) is 18.2 Å². The van der Waals surface area contributed by atoms with Crippen LogP contribution in [0.5, 0.6) is 0 Å². The number of hydrogen-bond acceptors (Lipinski definition) is 3. The summed E-state index contributed by atoms with van der Waals surface area (Å²) < 4.78 is 0. The van der Waals surface area contributed by atoms with E-state index in [0.29, 0.717) is 5.57 Å². The molecule has 14 heavy (non-hydrogen) atoms. The fourth-order valence-electron chi connectivity index (χ4n) is 1.48. The van der Waals surface area contributed by atoms with Crippen LogP contribution in [0, 0.1) is 16.0 Å². The highest BCUT2D eigenvalue weighted by Crippen LogP contribution is 2.28. The zero-order valence-electron chi connectivity index (χ0n) is 7.08. The van der Waals surface area contributed by atoms with E-state index in [1.165, 1.54) is 12.3 Å². The lowest BCUT2D eigenvalue weighted by molar-refractivity contribution is -0.430. The van der Waals surface area contributed by atoms with Crippen molar-refractivity contribution in [2.45, 2.75) is 0 Å². The third-order valence-electron chi connectivity index (χ3n) is 2.11. The van der Waals surface area contributed by atoms with Crippen molar-refractivity contribution in [1.82, 2.24) is 0 Å². The molecule has 0 aromatic rings. The van der Waals surface area contributed by atoms with E-state index in [9.17, 15) is 14.9 Å². The predicted molar refractivity (Wildman–Crippen MR) is 49.3 cm³/mol. The van der Waals surface area contributed by atoms with Gasteiger partial charge in [0.25, 0.3) is 11.6 Å². The van der Waals surface area contributed by atoms with Gasteiger partial charge in [0.2, 0.25) is 0 Å². The Morgan fingerprint density at radius 1 is 1.43 bits per heavy atom. The molecule has 0 fully saturated rings. The third-order valence-corrected chi connectivity index (χ3v) is 2.11. The number of nitro groups is 1. The second-order valence-electron chi connectivity index (χ2n) is 2.92. The molecule has 0 aromatic heterocycles. The molecular formula is C9H6N2O3. The average molecular weight is 190 g/mol. The number of carbonyl (C=O) groups excluding carboxylic acids is 1. The van der Waals surface area contributed by atoms with Gasteiger partial charge in [0.15, 0.2) is 5.92 Å². The number of hydrogen-bond donors (Lipinski definition) is 0. The largest absolute Gasteiger partial charge is 0.271 e. The van der Waals surface area contributed by atoms with Gasteiger partial charge >= 0.3 is 0 Å². The van der Waals surface area contributed by atoms with Crippen LogP contribution in [-0.4, -0.2) is 17.0 Å². The minimum Gasteiger partial charge on any atom is -0.271 e. The predicted octanol–water partition coefficient (Wildman–Crippen LogP) is 0.870. The number of allylic oxidation sites excluding steroid dienone is 4. The van der Waals surface area contributed by atoms with Gasteiger partial charge in [-0.15, -0.1) is 0 Å². The molecule has 5 nitrogen and oxygen atoms in total. The molecular weight excluding hydrogens is 184 g/mol. The lowest BCUT2D eigenvalue weighted by Crippen LogP contribution is -2.25. The smallest absolute Gasteiger partial charge is 0.264 e. The lowest BCUT2D eigenvalue weighted by Gasteiger charge is -2.16. The normalized spacial score (nSPS) is 24.0. The summed E-state index contributed by atoms with van der Waals surface area (Å²) in [6.07, 6.45) is 7.55. The van der Waals surface area contributed by atoms with Gasteiger partial charge in [0.05, 0.1) is 4.92 Å². The molecule has 0 bridgehead atoms. The van der Waals surface area contributed by atoms with Crippen molar-refractivity contribution in [3.63, 3.8) is 0 Å². The molecule has 1 amide bonds. The fraction of sp³-hybridized carbons (Fsp3) is 0.111. The Labute approximate surface area is 79.3 Å². The Morgan fingerprint density at radius 2 is 2.21 bits per heavy atom. The summed E-state index contributed by atoms with van der Waals surface area (Å²) in [7, 11) is 0. The van der Waals surface area contributed by atoms with Crippen LogP contribution in [0.1, 0.15) is 0 Å². The topological polar surface area (TPSA) is 72.6 Å². The molecule has 2 aliphatic rings. The van der Waals surface area contributed by atoms with Crippen LogP contribution in [-0.2, 0) is 4.79 Å². The van der Waals surface area contributed by atoms with Crippen LogP contribution in [0.2, 0.25) is 0 Å². The van der Waals surface area contributed by atoms with Gasteiger partial charge in [-0.25, -0.2) is 4.99 Å². The maximum atomic E-state index is 11.3. The molecule has 1 atom stereocenters. The molecule has 70 valence electrons. The monoisotopic (exact) mass is 190 g/mol. The molecule has 5 heteroatoms. The number of nitrogens with zero attached hydrogens (tertiary/aromatic N) is 2. The standard InChI is InChI=1S/C9H6N2O3/c12-9-8-6(4-5-10-9)2-1-3-7(8)11(13)14/h1-5,8H. The molecule has 2 rings (SSSR count). The van der Waals surface area contributed by atoms with Crippen LogP contribution >= 0.6 is 0 Å². The minimum absolute atomic E-state index is 0.111. The van der Waals surface area contributed by atoms with Crippen molar-refractivity contribution < 1.29 is 9.72 Å². The maximum absolute atomic E-state index is 11.3. The summed E-state index contributed by atoms with van der Waals surface area (Å²) >= 11 is 0. The van der Waals surface area contributed by atoms with E-state index in [2.05, 4.69) is 4.99 Å². The molecule has 1 unspecified atom stereocenters. The highest BCUT2D eigenvalue weighted by atomic mass is 16.6. The summed E-state index contributed by atoms with van der Waals surface area (Å²) in [6.45, 7) is 0. The summed E-state index contributed by atoms with van der Waals surface area (Å²) in [5.41, 5.74) is 0.514. The number of rotatable bonds is 1. The molecule has 1 aliphatic heterocycles. The van der Waals surface area contributed by atoms with E-state index in [1.807, 2.05) is 0 Å². The first-order valence-corrected chi connectivity index (χ1v) is 4.01. The Balaban J connectivity index is 2.48. The highest BCUT2D eigenvalue weighted by molar-refractivity contribution is 5.98. The van der Waals surface area contributed by atoms with E-state index in [-0.39, 0.29) is 5.70 Å². The van der Waals surface area contributed by atoms with Crippen LogP contribution in [0.3, 0.4) is 0 Å². The Hall–Kier alpha value is -2.04. The van der Waals surface area contributed by atoms with Crippen LogP contribution in [0.4, 0.5) is 0 Å². The van der Waals surface area contributed by atoms with Gasteiger partial charge in [0, 0.05) is 12.3 Å². The van der Waals surface area contributed by atoms with Crippen molar-refractivity contribution in [1.29, 1.82) is 0 Å². The van der Waals surface area contributed by atoms with Crippen molar-refractivity contribution in [2.24, 2.45) is 10.9 Å². The zero-order valence-corrected chi connectivity index (χ0v) is 7.08. The van der Waals surface area contributed by atoms with Crippen molar-refractivity contribution in [3.05, 3.63) is 45.7 Å². The molecule has 1 aliphatic carbocycles. The Bertz CT molecular complexity index is 429. The van der Waals surface area contributed by atoms with Gasteiger partial charge in [-0.1, -0.05) is 12.2 Å². The van der Waals surface area contributed by atoms with E-state index in [0.717, 1.165) is 0 Å². The molecule has 0 N–H and O–H groups in total. The first kappa shape index (κ1) is 8.55. The minimum atomic E-state index is -0.819. The molecule has 0 aromatic carbocycles. The van der Waals surface area contributed by atoms with Crippen molar-refractivity contribution >= 4 is 12.1 Å². The molecule has 0 radical (unpaired) electrons. The second-order valence-corrected chi connectivity index (χ2v) is 2.92. The summed E-state index contributed by atoms with van der Waals surface area (Å²) in [4.78, 5) is 24.9. The van der Waals surface area contributed by atoms with Gasteiger partial charge in [0.1, 0.15) is 0 Å². The summed E-state index contributed by atoms with van der Waals surface area (Å²) in [6, 6.07) is 0. The lowest BCUT2D eigenvalue weighted by atomic mass is 9.89. The van der Waals surface area contributed by atoms with E-state index >= 15 is 0 Å². The third kappa shape index (κ3) is 1.19. The van der Waals surface area contributed by atoms with Crippen LogP contribution in [0.25, 0.3) is 0 Å². The van der Waals surface area contributed by atoms with Crippen molar-refractivity contribution in [2.75, 3.05) is 0 Å². The van der Waals surface area contributed by atoms with Gasteiger partial charge < -0.3 is 0 Å². The number of aliphatic imine (C=N–C) groups is 1.